The number of aliphatic hydroxyl groups excluding tert-OH is 1. The number of ether oxygens (including phenoxy) is 1. The van der Waals surface area contributed by atoms with Gasteiger partial charge in [-0.1, -0.05) is 48.2 Å². The van der Waals surface area contributed by atoms with Gasteiger partial charge in [-0.2, -0.15) is 15.2 Å². The Morgan fingerprint density at radius 3 is 2.69 bits per heavy atom. The zero-order valence-electron chi connectivity index (χ0n) is 20.0. The molecule has 2 aromatic heterocycles. The highest BCUT2D eigenvalue weighted by molar-refractivity contribution is 6.30. The van der Waals surface area contributed by atoms with Crippen molar-refractivity contribution in [1.29, 1.82) is 5.26 Å². The number of aliphatic hydroxyl groups is 1. The molecule has 0 amide bonds. The minimum absolute atomic E-state index is 0.0695. The van der Waals surface area contributed by atoms with Gasteiger partial charge in [-0.05, 0) is 49.1 Å². The number of rotatable bonds is 10. The Labute approximate surface area is 214 Å². The van der Waals surface area contributed by atoms with Crippen LogP contribution in [0.3, 0.4) is 0 Å². The molecule has 0 saturated heterocycles. The van der Waals surface area contributed by atoms with Crippen molar-refractivity contribution in [1.82, 2.24) is 19.5 Å². The third-order valence-corrected chi connectivity index (χ3v) is 6.48. The molecule has 0 atom stereocenters. The number of nitriles is 1. The van der Waals surface area contributed by atoms with Crippen LogP contribution in [0.15, 0.2) is 42.5 Å². The Morgan fingerprint density at radius 1 is 1.17 bits per heavy atom. The van der Waals surface area contributed by atoms with E-state index < -0.39 is 0 Å². The number of fused-ring (bicyclic) bond motifs is 1. The monoisotopic (exact) mass is 502 g/mol. The van der Waals surface area contributed by atoms with E-state index in [1.54, 1.807) is 0 Å². The summed E-state index contributed by atoms with van der Waals surface area (Å²) in [4.78, 5) is 13.8. The summed E-state index contributed by atoms with van der Waals surface area (Å²) in [5.41, 5.74) is 4.01. The minimum Gasteiger partial charge on any atom is -0.490 e. The highest BCUT2D eigenvalue weighted by Crippen LogP contribution is 2.36. The van der Waals surface area contributed by atoms with Gasteiger partial charge in [0.1, 0.15) is 29.8 Å². The van der Waals surface area contributed by atoms with Gasteiger partial charge in [0.15, 0.2) is 11.5 Å². The molecule has 5 rings (SSSR count). The first-order valence-electron chi connectivity index (χ1n) is 12.1. The van der Waals surface area contributed by atoms with Gasteiger partial charge >= 0.3 is 0 Å². The molecule has 2 heterocycles. The zero-order valence-corrected chi connectivity index (χ0v) is 20.8. The molecule has 0 spiro atoms. The van der Waals surface area contributed by atoms with Gasteiger partial charge < -0.3 is 19.7 Å². The molecule has 2 aromatic carbocycles. The molecule has 8 nitrogen and oxygen atoms in total. The number of benzene rings is 2. The Hall–Kier alpha value is -3.67. The molecule has 9 heteroatoms. The Kier molecular flexibility index (Phi) is 7.03. The lowest BCUT2D eigenvalue weighted by molar-refractivity contribution is 0.202. The Morgan fingerprint density at radius 2 is 1.97 bits per heavy atom. The smallest absolute Gasteiger partial charge is 0.236 e. The molecule has 0 unspecified atom stereocenters. The number of hydrogen-bond donors (Lipinski definition) is 2. The van der Waals surface area contributed by atoms with Crippen LogP contribution < -0.4 is 10.1 Å². The molecule has 0 aliphatic heterocycles. The number of nitrogens with zero attached hydrogens (tertiary/aromatic N) is 5. The molecule has 1 aliphatic carbocycles. The first-order valence-corrected chi connectivity index (χ1v) is 12.4. The third kappa shape index (κ3) is 5.27. The lowest BCUT2D eigenvalue weighted by Crippen LogP contribution is -2.10. The van der Waals surface area contributed by atoms with Crippen LogP contribution in [-0.2, 0) is 6.54 Å². The van der Waals surface area contributed by atoms with Crippen molar-refractivity contribution >= 4 is 28.6 Å². The average molecular weight is 503 g/mol. The Balaban J connectivity index is 1.69. The van der Waals surface area contributed by atoms with E-state index in [0.717, 1.165) is 41.1 Å². The average Bonchev–Trinajstić information content (AvgIpc) is 3.64. The predicted octanol–water partition coefficient (Wildman–Crippen LogP) is 4.96. The number of nitrogens with one attached hydrogen (secondary N) is 1. The molecule has 1 saturated carbocycles. The molecule has 4 aromatic rings. The van der Waals surface area contributed by atoms with E-state index in [1.165, 1.54) is 12.8 Å². The predicted molar refractivity (Wildman–Crippen MR) is 139 cm³/mol. The van der Waals surface area contributed by atoms with Gasteiger partial charge in [0.05, 0.1) is 12.2 Å². The van der Waals surface area contributed by atoms with E-state index in [9.17, 15) is 10.4 Å². The van der Waals surface area contributed by atoms with Crippen LogP contribution in [0.2, 0.25) is 5.02 Å². The van der Waals surface area contributed by atoms with Gasteiger partial charge in [0.25, 0.3) is 0 Å². The van der Waals surface area contributed by atoms with Crippen LogP contribution in [0.1, 0.15) is 36.2 Å². The number of aryl methyl sites for hydroxylation is 1. The summed E-state index contributed by atoms with van der Waals surface area (Å²) in [6.45, 7) is 3.33. The highest BCUT2D eigenvalue weighted by atomic mass is 35.5. The summed E-state index contributed by atoms with van der Waals surface area (Å²) in [7, 11) is 0. The van der Waals surface area contributed by atoms with Crippen molar-refractivity contribution < 1.29 is 9.84 Å². The SMILES string of the molecule is Cc1ccc(OCCO)c(-c2nc3nc(C#N)nc(NCCC4CC4)c3n2Cc2ccc(Cl)cc2)c1. The van der Waals surface area contributed by atoms with E-state index in [2.05, 4.69) is 25.9 Å². The lowest BCUT2D eigenvalue weighted by atomic mass is 10.1. The van der Waals surface area contributed by atoms with Crippen LogP contribution in [0.25, 0.3) is 22.6 Å². The fraction of sp³-hybridized carbons (Fsp3) is 0.333. The summed E-state index contributed by atoms with van der Waals surface area (Å²) in [6.07, 6.45) is 3.60. The maximum absolute atomic E-state index is 9.58. The maximum atomic E-state index is 9.58. The quantitative estimate of drug-likeness (QED) is 0.315. The second-order valence-corrected chi connectivity index (χ2v) is 9.49. The fourth-order valence-electron chi connectivity index (χ4n) is 4.24. The second kappa shape index (κ2) is 10.5. The molecule has 0 bridgehead atoms. The number of imidazole rings is 1. The first-order chi connectivity index (χ1) is 17.6. The third-order valence-electron chi connectivity index (χ3n) is 6.22. The van der Waals surface area contributed by atoms with Crippen molar-refractivity contribution in [2.24, 2.45) is 5.92 Å². The van der Waals surface area contributed by atoms with Crippen LogP contribution >= 0.6 is 11.6 Å². The van der Waals surface area contributed by atoms with Crippen molar-refractivity contribution in [3.8, 4) is 23.2 Å². The molecular weight excluding hydrogens is 476 g/mol. The number of halogens is 1. The van der Waals surface area contributed by atoms with Crippen LogP contribution in [0.5, 0.6) is 5.75 Å². The molecule has 36 heavy (non-hydrogen) atoms. The van der Waals surface area contributed by atoms with Crippen molar-refractivity contribution in [3.05, 3.63) is 64.4 Å². The van der Waals surface area contributed by atoms with Crippen molar-refractivity contribution in [2.45, 2.75) is 32.7 Å². The van der Waals surface area contributed by atoms with Gasteiger partial charge in [0, 0.05) is 18.1 Å². The largest absolute Gasteiger partial charge is 0.490 e. The van der Waals surface area contributed by atoms with Crippen LogP contribution in [0, 0.1) is 24.2 Å². The minimum atomic E-state index is -0.0967. The van der Waals surface area contributed by atoms with Crippen molar-refractivity contribution in [3.63, 3.8) is 0 Å². The molecule has 1 fully saturated rings. The molecule has 0 radical (unpaired) electrons. The summed E-state index contributed by atoms with van der Waals surface area (Å²) in [5, 5.41) is 23.0. The number of aromatic nitrogens is 4. The van der Waals surface area contributed by atoms with E-state index in [4.69, 9.17) is 21.3 Å². The van der Waals surface area contributed by atoms with Gasteiger partial charge in [-0.3, -0.25) is 0 Å². The summed E-state index contributed by atoms with van der Waals surface area (Å²) in [5.74, 6) is 2.68. The molecule has 2 N–H and O–H groups in total. The van der Waals surface area contributed by atoms with E-state index >= 15 is 0 Å². The summed E-state index contributed by atoms with van der Waals surface area (Å²) < 4.78 is 7.92. The van der Waals surface area contributed by atoms with E-state index in [1.807, 2.05) is 49.4 Å². The molecular formula is C27H27ClN6O2. The summed E-state index contributed by atoms with van der Waals surface area (Å²) >= 11 is 6.13. The fourth-order valence-corrected chi connectivity index (χ4v) is 4.37. The van der Waals surface area contributed by atoms with Crippen LogP contribution in [0.4, 0.5) is 5.82 Å². The van der Waals surface area contributed by atoms with E-state index in [-0.39, 0.29) is 19.0 Å². The maximum Gasteiger partial charge on any atom is 0.236 e. The van der Waals surface area contributed by atoms with Gasteiger partial charge in [0.2, 0.25) is 5.82 Å². The summed E-state index contributed by atoms with van der Waals surface area (Å²) in [6, 6.07) is 15.6. The Bertz CT molecular complexity index is 1420. The van der Waals surface area contributed by atoms with Gasteiger partial charge in [-0.25, -0.2) is 4.98 Å². The topological polar surface area (TPSA) is 109 Å². The lowest BCUT2D eigenvalue weighted by Gasteiger charge is -2.15. The van der Waals surface area contributed by atoms with Gasteiger partial charge in [-0.15, -0.1) is 0 Å². The van der Waals surface area contributed by atoms with Crippen LogP contribution in [-0.4, -0.2) is 44.4 Å². The first kappa shape index (κ1) is 24.0. The number of anilines is 1. The zero-order chi connectivity index (χ0) is 25.1. The standard InChI is InChI=1S/C27H27ClN6O2/c1-17-2-9-22(36-13-12-35)21(14-17)27-33-26-24(34(27)16-19-5-7-20(28)8-6-19)25(31-23(15-29)32-26)30-11-10-18-3-4-18/h2,5-9,14,18,35H,3-4,10-13,16H2,1H3,(H,30,31,32). The van der Waals surface area contributed by atoms with Crippen molar-refractivity contribution in [2.75, 3.05) is 25.1 Å². The number of hydrogen-bond acceptors (Lipinski definition) is 7. The van der Waals surface area contributed by atoms with E-state index in [0.29, 0.717) is 34.6 Å². The molecule has 1 aliphatic rings. The molecule has 184 valence electrons. The normalized spacial score (nSPS) is 13.1. The second-order valence-electron chi connectivity index (χ2n) is 9.06. The highest BCUT2D eigenvalue weighted by Gasteiger charge is 2.24.